The van der Waals surface area contributed by atoms with Gasteiger partial charge in [-0.3, -0.25) is 4.79 Å². The summed E-state index contributed by atoms with van der Waals surface area (Å²) in [4.78, 5) is 23.1. The van der Waals surface area contributed by atoms with Crippen molar-refractivity contribution in [3.8, 4) is 0 Å². The molecule has 0 spiro atoms. The maximum atomic E-state index is 11.8. The molecule has 2 fully saturated rings. The summed E-state index contributed by atoms with van der Waals surface area (Å²) in [5.74, 6) is -1.19. The minimum atomic E-state index is -3.52. The van der Waals surface area contributed by atoms with Crippen LogP contribution in [0.15, 0.2) is 0 Å². The van der Waals surface area contributed by atoms with Gasteiger partial charge in [0.2, 0.25) is 10.0 Å². The number of amides is 2. The van der Waals surface area contributed by atoms with Crippen molar-refractivity contribution in [1.82, 2.24) is 10.6 Å². The first kappa shape index (κ1) is 16.0. The minimum Gasteiger partial charge on any atom is -0.481 e. The second-order valence-electron chi connectivity index (χ2n) is 5.84. The summed E-state index contributed by atoms with van der Waals surface area (Å²) in [5, 5.41) is 19.4. The molecule has 2 aliphatic rings. The Hall–Kier alpha value is -1.35. The van der Waals surface area contributed by atoms with Crippen LogP contribution in [-0.4, -0.2) is 43.9 Å². The number of fused-ring (bicyclic) bond motifs is 2. The lowest BCUT2D eigenvalue weighted by atomic mass is 9.84. The Labute approximate surface area is 123 Å². The highest BCUT2D eigenvalue weighted by atomic mass is 32.2. The predicted octanol–water partition coefficient (Wildman–Crippen LogP) is -0.536. The molecule has 120 valence electrons. The Kier molecular flexibility index (Phi) is 4.72. The fourth-order valence-corrected chi connectivity index (χ4v) is 4.08. The zero-order valence-electron chi connectivity index (χ0n) is 11.6. The average molecular weight is 319 g/mol. The van der Waals surface area contributed by atoms with Crippen LogP contribution >= 0.6 is 0 Å². The smallest absolute Gasteiger partial charge is 0.315 e. The molecule has 2 bridgehead atoms. The molecule has 0 aromatic carbocycles. The van der Waals surface area contributed by atoms with Crippen LogP contribution in [0.1, 0.15) is 25.7 Å². The number of carboxylic acid groups (broad SMARTS) is 1. The van der Waals surface area contributed by atoms with E-state index in [0.717, 1.165) is 19.3 Å². The Bertz CT molecular complexity index is 521. The number of nitrogens with two attached hydrogens (primary N) is 1. The highest BCUT2D eigenvalue weighted by Crippen LogP contribution is 2.48. The first-order valence-corrected chi connectivity index (χ1v) is 8.77. The van der Waals surface area contributed by atoms with E-state index in [1.807, 2.05) is 0 Å². The number of nitrogens with one attached hydrogen (secondary N) is 2. The van der Waals surface area contributed by atoms with Crippen LogP contribution in [0.2, 0.25) is 0 Å². The van der Waals surface area contributed by atoms with E-state index in [-0.39, 0.29) is 36.6 Å². The average Bonchev–Trinajstić information content (AvgIpc) is 2.94. The van der Waals surface area contributed by atoms with Gasteiger partial charge in [-0.15, -0.1) is 0 Å². The molecule has 0 saturated heterocycles. The van der Waals surface area contributed by atoms with Crippen molar-refractivity contribution >= 4 is 22.0 Å². The number of carbonyl (C=O) groups excluding carboxylic acids is 1. The van der Waals surface area contributed by atoms with Crippen LogP contribution in [0, 0.1) is 17.8 Å². The number of rotatable bonds is 6. The molecular weight excluding hydrogens is 298 g/mol. The maximum Gasteiger partial charge on any atom is 0.315 e. The molecule has 2 aliphatic carbocycles. The number of carbonyl (C=O) groups is 2. The van der Waals surface area contributed by atoms with Gasteiger partial charge in [-0.1, -0.05) is 0 Å². The standard InChI is InChI=1S/C12H21N3O5S/c13-21(19,20)5-1-4-14-12(18)15-10-8-3-2-7(6-8)9(10)11(16)17/h7-10H,1-6H2,(H,16,17)(H2,13,19,20)(H2,14,15,18). The van der Waals surface area contributed by atoms with Crippen molar-refractivity contribution in [3.63, 3.8) is 0 Å². The van der Waals surface area contributed by atoms with Crippen LogP contribution in [0.3, 0.4) is 0 Å². The molecule has 8 nitrogen and oxygen atoms in total. The Balaban J connectivity index is 1.78. The van der Waals surface area contributed by atoms with Gasteiger partial charge in [-0.05, 0) is 37.5 Å². The number of carboxylic acids is 1. The van der Waals surface area contributed by atoms with Crippen LogP contribution < -0.4 is 15.8 Å². The second-order valence-corrected chi connectivity index (χ2v) is 7.58. The summed E-state index contributed by atoms with van der Waals surface area (Å²) in [7, 11) is -3.52. The lowest BCUT2D eigenvalue weighted by Crippen LogP contribution is -2.50. The first-order valence-electron chi connectivity index (χ1n) is 7.05. The lowest BCUT2D eigenvalue weighted by Gasteiger charge is -2.28. The van der Waals surface area contributed by atoms with Crippen LogP contribution in [0.5, 0.6) is 0 Å². The number of sulfonamides is 1. The Morgan fingerprint density at radius 2 is 1.90 bits per heavy atom. The summed E-state index contributed by atoms with van der Waals surface area (Å²) in [6.07, 6.45) is 2.94. The third-order valence-corrected chi connectivity index (χ3v) is 5.25. The highest BCUT2D eigenvalue weighted by molar-refractivity contribution is 7.89. The van der Waals surface area contributed by atoms with Gasteiger partial charge < -0.3 is 15.7 Å². The van der Waals surface area contributed by atoms with Gasteiger partial charge in [0.1, 0.15) is 0 Å². The SMILES string of the molecule is NS(=O)(=O)CCCNC(=O)NC1C2CCC(C2)C1C(=O)O. The fourth-order valence-electron chi connectivity index (χ4n) is 3.53. The quantitative estimate of drug-likeness (QED) is 0.487. The molecule has 0 aromatic rings. The molecule has 21 heavy (non-hydrogen) atoms. The van der Waals surface area contributed by atoms with Gasteiger partial charge in [0.25, 0.3) is 0 Å². The van der Waals surface area contributed by atoms with Crippen LogP contribution in [0.25, 0.3) is 0 Å². The first-order chi connectivity index (χ1) is 9.78. The normalized spacial score (nSPS) is 31.1. The van der Waals surface area contributed by atoms with E-state index >= 15 is 0 Å². The molecule has 2 saturated carbocycles. The number of hydrogen-bond acceptors (Lipinski definition) is 4. The maximum absolute atomic E-state index is 11.8. The van der Waals surface area contributed by atoms with E-state index in [4.69, 9.17) is 5.14 Å². The van der Waals surface area contributed by atoms with Crippen molar-refractivity contribution in [1.29, 1.82) is 0 Å². The van der Waals surface area contributed by atoms with E-state index in [9.17, 15) is 23.1 Å². The molecule has 9 heteroatoms. The molecule has 0 aliphatic heterocycles. The van der Waals surface area contributed by atoms with E-state index in [2.05, 4.69) is 10.6 Å². The largest absolute Gasteiger partial charge is 0.481 e. The zero-order valence-corrected chi connectivity index (χ0v) is 12.4. The molecule has 0 heterocycles. The molecule has 0 radical (unpaired) electrons. The summed E-state index contributed by atoms with van der Waals surface area (Å²) in [6.45, 7) is 0.181. The summed E-state index contributed by atoms with van der Waals surface area (Å²) in [6, 6.07) is -0.785. The Morgan fingerprint density at radius 1 is 1.24 bits per heavy atom. The number of primary sulfonamides is 1. The minimum absolute atomic E-state index is 0.153. The lowest BCUT2D eigenvalue weighted by molar-refractivity contribution is -0.144. The van der Waals surface area contributed by atoms with Crippen molar-refractivity contribution in [3.05, 3.63) is 0 Å². The summed E-state index contributed by atoms with van der Waals surface area (Å²) < 4.78 is 21.5. The van der Waals surface area contributed by atoms with Gasteiger partial charge in [-0.2, -0.15) is 0 Å². The van der Waals surface area contributed by atoms with Gasteiger partial charge >= 0.3 is 12.0 Å². The molecule has 2 rings (SSSR count). The molecule has 4 unspecified atom stereocenters. The predicted molar refractivity (Wildman–Crippen MR) is 74.9 cm³/mol. The monoisotopic (exact) mass is 319 g/mol. The molecular formula is C12H21N3O5S. The summed E-state index contributed by atoms with van der Waals surface area (Å²) in [5.41, 5.74) is 0. The summed E-state index contributed by atoms with van der Waals surface area (Å²) >= 11 is 0. The van der Waals surface area contributed by atoms with Crippen LogP contribution in [0.4, 0.5) is 4.79 Å². The molecule has 4 atom stereocenters. The van der Waals surface area contributed by atoms with E-state index in [1.54, 1.807) is 0 Å². The highest BCUT2D eigenvalue weighted by Gasteiger charge is 2.51. The van der Waals surface area contributed by atoms with Crippen molar-refractivity contribution in [2.24, 2.45) is 22.9 Å². The van der Waals surface area contributed by atoms with E-state index < -0.39 is 27.9 Å². The van der Waals surface area contributed by atoms with Gasteiger partial charge in [0.05, 0.1) is 11.7 Å². The van der Waals surface area contributed by atoms with Crippen molar-refractivity contribution in [2.45, 2.75) is 31.7 Å². The third-order valence-electron chi connectivity index (χ3n) is 4.39. The third kappa shape index (κ3) is 4.07. The second kappa shape index (κ2) is 6.18. The number of aliphatic carboxylic acids is 1. The number of urea groups is 1. The zero-order chi connectivity index (χ0) is 15.6. The topological polar surface area (TPSA) is 139 Å². The van der Waals surface area contributed by atoms with Crippen molar-refractivity contribution < 1.29 is 23.1 Å². The van der Waals surface area contributed by atoms with Gasteiger partial charge in [0.15, 0.2) is 0 Å². The fraction of sp³-hybridized carbons (Fsp3) is 0.833. The van der Waals surface area contributed by atoms with E-state index in [0.29, 0.717) is 0 Å². The van der Waals surface area contributed by atoms with Gasteiger partial charge in [0, 0.05) is 12.6 Å². The molecule has 5 N–H and O–H groups in total. The Morgan fingerprint density at radius 3 is 2.52 bits per heavy atom. The molecule has 0 aromatic heterocycles. The van der Waals surface area contributed by atoms with Crippen molar-refractivity contribution in [2.75, 3.05) is 12.3 Å². The van der Waals surface area contributed by atoms with Crippen LogP contribution in [-0.2, 0) is 14.8 Å². The molecule has 2 amide bonds. The van der Waals surface area contributed by atoms with E-state index in [1.165, 1.54) is 0 Å². The van der Waals surface area contributed by atoms with Gasteiger partial charge in [-0.25, -0.2) is 18.4 Å². The number of hydrogen-bond donors (Lipinski definition) is 4.